The van der Waals surface area contributed by atoms with E-state index in [2.05, 4.69) is 33.4 Å². The molecular weight excluding hydrogens is 461 g/mol. The standard InChI is InChI=1S/C19H38O7S2Si2/c1-5-20-19(28)15-30(25-13-18(4)14-26-30)24-12-17(3)11-23-29(8-6-7-27)21-9-16(2)10-22-29/h16-18,27H,5-15H2,1-4H3. The van der Waals surface area contributed by atoms with Gasteiger partial charge in [-0.15, -0.1) is 0 Å². The number of rotatable bonds is 12. The third-order valence-corrected chi connectivity index (χ3v) is 11.0. The maximum atomic E-state index is 6.26. The van der Waals surface area contributed by atoms with E-state index in [0.29, 0.717) is 69.2 Å². The van der Waals surface area contributed by atoms with Gasteiger partial charge in [-0.3, -0.25) is 0 Å². The van der Waals surface area contributed by atoms with Gasteiger partial charge in [-0.1, -0.05) is 20.8 Å². The average Bonchev–Trinajstić information content (AvgIpc) is 2.73. The van der Waals surface area contributed by atoms with Crippen LogP contribution < -0.4 is 0 Å². The van der Waals surface area contributed by atoms with Gasteiger partial charge in [-0.05, 0) is 31.3 Å². The minimum absolute atomic E-state index is 0.133. The highest BCUT2D eigenvalue weighted by Gasteiger charge is 2.47. The largest absolute Gasteiger partial charge is 0.509 e. The first-order valence-electron chi connectivity index (χ1n) is 10.9. The van der Waals surface area contributed by atoms with E-state index in [1.54, 1.807) is 0 Å². The van der Waals surface area contributed by atoms with Gasteiger partial charge in [0.15, 0.2) is 5.05 Å². The molecule has 1 atom stereocenters. The number of ether oxygens (including phenoxy) is 1. The van der Waals surface area contributed by atoms with Crippen LogP contribution in [0.4, 0.5) is 0 Å². The van der Waals surface area contributed by atoms with Crippen molar-refractivity contribution < 1.29 is 31.3 Å². The van der Waals surface area contributed by atoms with Crippen LogP contribution >= 0.6 is 24.8 Å². The summed E-state index contributed by atoms with van der Waals surface area (Å²) in [6.07, 6.45) is 0.916. The Morgan fingerprint density at radius 1 is 1.00 bits per heavy atom. The quantitative estimate of drug-likeness (QED) is 0.249. The molecule has 2 fully saturated rings. The van der Waals surface area contributed by atoms with Crippen LogP contribution in [0.15, 0.2) is 0 Å². The zero-order chi connectivity index (χ0) is 22.0. The monoisotopic (exact) mass is 498 g/mol. The zero-order valence-corrected chi connectivity index (χ0v) is 22.4. The summed E-state index contributed by atoms with van der Waals surface area (Å²) in [7, 11) is -5.53. The lowest BCUT2D eigenvalue weighted by Gasteiger charge is -2.37. The van der Waals surface area contributed by atoms with Crippen molar-refractivity contribution in [3.8, 4) is 0 Å². The lowest BCUT2D eigenvalue weighted by atomic mass is 10.2. The van der Waals surface area contributed by atoms with Crippen LogP contribution in [0.3, 0.4) is 0 Å². The van der Waals surface area contributed by atoms with Crippen molar-refractivity contribution in [1.29, 1.82) is 0 Å². The van der Waals surface area contributed by atoms with Gasteiger partial charge in [0.1, 0.15) is 0 Å². The van der Waals surface area contributed by atoms with Gasteiger partial charge in [-0.25, -0.2) is 0 Å². The summed E-state index contributed by atoms with van der Waals surface area (Å²) >= 11 is 9.66. The Balaban J connectivity index is 1.87. The third-order valence-electron chi connectivity index (χ3n) is 4.83. The van der Waals surface area contributed by atoms with Crippen LogP contribution in [0.5, 0.6) is 0 Å². The minimum atomic E-state index is -2.89. The van der Waals surface area contributed by atoms with Crippen LogP contribution in [0.1, 0.15) is 34.1 Å². The first-order chi connectivity index (χ1) is 14.3. The van der Waals surface area contributed by atoms with E-state index in [-0.39, 0.29) is 5.92 Å². The van der Waals surface area contributed by atoms with E-state index < -0.39 is 17.6 Å². The lowest BCUT2D eigenvalue weighted by molar-refractivity contribution is -0.0255. The summed E-state index contributed by atoms with van der Waals surface area (Å²) in [5, 5.41) is 0.485. The number of thiol groups is 1. The van der Waals surface area contributed by atoms with E-state index in [1.165, 1.54) is 0 Å². The Labute approximate surface area is 194 Å². The van der Waals surface area contributed by atoms with E-state index in [9.17, 15) is 0 Å². The number of hydrogen-bond acceptors (Lipinski definition) is 9. The molecule has 0 aliphatic carbocycles. The topological polar surface area (TPSA) is 64.6 Å². The molecular formula is C19H38O7S2Si2. The zero-order valence-electron chi connectivity index (χ0n) is 18.7. The molecule has 0 spiro atoms. The molecule has 2 rings (SSSR count). The molecule has 2 aliphatic heterocycles. The Bertz CT molecular complexity index is 508. The van der Waals surface area contributed by atoms with E-state index in [4.69, 9.17) is 43.5 Å². The Hall–Kier alpha value is 0.434. The smallest absolute Gasteiger partial charge is 0.487 e. The van der Waals surface area contributed by atoms with Crippen molar-refractivity contribution >= 4 is 47.5 Å². The molecule has 1 unspecified atom stereocenters. The molecule has 0 aromatic heterocycles. The average molecular weight is 499 g/mol. The van der Waals surface area contributed by atoms with Gasteiger partial charge < -0.3 is 31.3 Å². The molecule has 0 N–H and O–H groups in total. The van der Waals surface area contributed by atoms with Crippen LogP contribution in [-0.2, 0) is 31.3 Å². The second-order valence-corrected chi connectivity index (χ2v) is 14.6. The predicted molar refractivity (Wildman–Crippen MR) is 127 cm³/mol. The Kier molecular flexibility index (Phi) is 11.8. The van der Waals surface area contributed by atoms with Crippen LogP contribution in [0.2, 0.25) is 12.1 Å². The van der Waals surface area contributed by atoms with Gasteiger partial charge in [0.25, 0.3) is 0 Å². The van der Waals surface area contributed by atoms with Gasteiger partial charge in [0.05, 0.1) is 12.7 Å². The second kappa shape index (κ2) is 13.2. The van der Waals surface area contributed by atoms with Gasteiger partial charge in [0, 0.05) is 63.4 Å². The van der Waals surface area contributed by atoms with E-state index in [0.717, 1.165) is 18.2 Å². The Morgan fingerprint density at radius 2 is 1.50 bits per heavy atom. The summed E-state index contributed by atoms with van der Waals surface area (Å²) in [6, 6.07) is 1.20. The summed E-state index contributed by atoms with van der Waals surface area (Å²) < 4.78 is 42.2. The predicted octanol–water partition coefficient (Wildman–Crippen LogP) is 3.58. The second-order valence-electron chi connectivity index (χ2n) is 8.36. The van der Waals surface area contributed by atoms with Crippen LogP contribution in [0.25, 0.3) is 0 Å². The molecule has 2 aliphatic rings. The summed E-state index contributed by atoms with van der Waals surface area (Å²) in [5.41, 5.74) is 0. The van der Waals surface area contributed by atoms with Gasteiger partial charge in [-0.2, -0.15) is 12.6 Å². The molecule has 176 valence electrons. The molecule has 0 aromatic carbocycles. The summed E-state index contributed by atoms with van der Waals surface area (Å²) in [5.74, 6) is 1.67. The maximum Gasteiger partial charge on any atom is 0.509 e. The SMILES string of the molecule is CCOC(=S)C[Si]1(OCC(C)CO[Si]2(CCCS)OCC(C)CO2)OCC(C)CO1. The van der Waals surface area contributed by atoms with E-state index >= 15 is 0 Å². The summed E-state index contributed by atoms with van der Waals surface area (Å²) in [6.45, 7) is 12.3. The van der Waals surface area contributed by atoms with Gasteiger partial charge in [0.2, 0.25) is 0 Å². The van der Waals surface area contributed by atoms with Crippen molar-refractivity contribution in [3.63, 3.8) is 0 Å². The molecule has 11 heteroatoms. The highest BCUT2D eigenvalue weighted by atomic mass is 32.1. The molecule has 7 nitrogen and oxygen atoms in total. The lowest BCUT2D eigenvalue weighted by Crippen LogP contribution is -2.54. The number of hydrogen-bond donors (Lipinski definition) is 1. The molecule has 0 saturated carbocycles. The van der Waals surface area contributed by atoms with Crippen molar-refractivity contribution in [2.45, 2.75) is 46.2 Å². The molecule has 0 bridgehead atoms. The normalized spacial score (nSPS) is 33.2. The third kappa shape index (κ3) is 8.76. The maximum absolute atomic E-state index is 6.26. The number of thiocarbonyl (C=S) groups is 1. The van der Waals surface area contributed by atoms with Crippen LogP contribution in [0, 0.1) is 17.8 Å². The fourth-order valence-electron chi connectivity index (χ4n) is 3.06. The molecule has 2 saturated heterocycles. The highest BCUT2D eigenvalue weighted by Crippen LogP contribution is 2.27. The minimum Gasteiger partial charge on any atom is -0.487 e. The van der Waals surface area contributed by atoms with Crippen molar-refractivity contribution in [2.75, 3.05) is 52.0 Å². The van der Waals surface area contributed by atoms with E-state index in [1.807, 2.05) is 6.92 Å². The Morgan fingerprint density at radius 3 is 2.00 bits per heavy atom. The summed E-state index contributed by atoms with van der Waals surface area (Å²) in [4.78, 5) is 0. The van der Waals surface area contributed by atoms with Crippen molar-refractivity contribution in [1.82, 2.24) is 0 Å². The first-order valence-corrected chi connectivity index (χ1v) is 15.8. The fraction of sp³-hybridized carbons (Fsp3) is 0.947. The molecule has 2 heterocycles. The van der Waals surface area contributed by atoms with Gasteiger partial charge >= 0.3 is 17.6 Å². The molecule has 0 radical (unpaired) electrons. The van der Waals surface area contributed by atoms with Crippen molar-refractivity contribution in [2.24, 2.45) is 17.8 Å². The fourth-order valence-corrected chi connectivity index (χ4v) is 9.70. The van der Waals surface area contributed by atoms with Crippen LogP contribution in [-0.4, -0.2) is 74.7 Å². The first kappa shape index (κ1) is 26.7. The highest BCUT2D eigenvalue weighted by molar-refractivity contribution is 7.80. The van der Waals surface area contributed by atoms with Crippen molar-refractivity contribution in [3.05, 3.63) is 0 Å². The molecule has 30 heavy (non-hydrogen) atoms. The molecule has 0 amide bonds. The molecule has 0 aromatic rings.